The van der Waals surface area contributed by atoms with Crippen molar-refractivity contribution in [2.24, 2.45) is 0 Å². The first-order valence-corrected chi connectivity index (χ1v) is 6.97. The van der Waals surface area contributed by atoms with Crippen molar-refractivity contribution in [2.75, 3.05) is 0 Å². The van der Waals surface area contributed by atoms with Gasteiger partial charge in [0.1, 0.15) is 0 Å². The third-order valence-electron chi connectivity index (χ3n) is 2.03. The summed E-state index contributed by atoms with van der Waals surface area (Å²) in [5.41, 5.74) is -3.93. The lowest BCUT2D eigenvalue weighted by atomic mass is 9.87. The summed E-state index contributed by atoms with van der Waals surface area (Å²) in [7, 11) is -5.84. The van der Waals surface area contributed by atoms with Crippen molar-refractivity contribution >= 4 is 22.7 Å². The van der Waals surface area contributed by atoms with Crippen LogP contribution in [-0.2, 0) is 15.5 Å². The van der Waals surface area contributed by atoms with E-state index in [9.17, 15) is 13.2 Å². The Hall–Kier alpha value is -0.730. The van der Waals surface area contributed by atoms with Gasteiger partial charge < -0.3 is 0 Å². The molecule has 3 nitrogen and oxygen atoms in total. The number of thiol groups is 1. The largest absolute Gasteiger partial charge is 0.522 e. The van der Waals surface area contributed by atoms with Crippen molar-refractivity contribution in [2.45, 2.75) is 36.6 Å². The van der Waals surface area contributed by atoms with Gasteiger partial charge in [0.25, 0.3) is 0 Å². The van der Waals surface area contributed by atoms with Gasteiger partial charge in [-0.15, -0.1) is 12.6 Å². The molecule has 0 heterocycles. The molecule has 0 fully saturated rings. The monoisotopic (exact) mass is 316 g/mol. The van der Waals surface area contributed by atoms with Crippen molar-refractivity contribution in [3.05, 3.63) is 29.8 Å². The molecule has 1 aromatic carbocycles. The van der Waals surface area contributed by atoms with Crippen LogP contribution in [0.25, 0.3) is 0 Å². The predicted molar refractivity (Wildman–Crippen MR) is 70.0 cm³/mol. The second kappa shape index (κ2) is 6.15. The molecule has 0 amide bonds. The fraction of sp³-hybridized carbons (Fsp3) is 0.455. The summed E-state index contributed by atoms with van der Waals surface area (Å²) >= 11 is 4.23. The molecule has 0 aliphatic rings. The third-order valence-corrected chi connectivity index (χ3v) is 2.91. The molecular weight excluding hydrogens is 301 g/mol. The van der Waals surface area contributed by atoms with E-state index in [1.165, 1.54) is 5.56 Å². The first kappa shape index (κ1) is 18.3. The van der Waals surface area contributed by atoms with Gasteiger partial charge in [-0.25, -0.2) is 0 Å². The number of rotatable bonds is 0. The molecule has 0 saturated heterocycles. The fourth-order valence-electron chi connectivity index (χ4n) is 0.961. The second-order valence-corrected chi connectivity index (χ2v) is 6.65. The standard InChI is InChI=1S/C10H14S.CHF3O3S/c1-10(2,3)8-4-6-9(11)7-5-8;2-1(3,4)8(5,6)7/h4-7,11H,1-3H3;(H,5,6,7). The average Bonchev–Trinajstić information content (AvgIpc) is 2.14. The number of hydrogen-bond donors (Lipinski definition) is 2. The van der Waals surface area contributed by atoms with Crippen LogP contribution in [-0.4, -0.2) is 18.5 Å². The van der Waals surface area contributed by atoms with Crippen LogP contribution in [0.15, 0.2) is 29.2 Å². The minimum atomic E-state index is -5.84. The molecule has 0 aromatic heterocycles. The Kier molecular flexibility index (Phi) is 5.91. The summed E-state index contributed by atoms with van der Waals surface area (Å²) in [5, 5.41) is 0. The van der Waals surface area contributed by atoms with E-state index in [1.54, 1.807) is 0 Å². The number of alkyl halides is 3. The number of halogens is 3. The van der Waals surface area contributed by atoms with Crippen molar-refractivity contribution in [1.29, 1.82) is 0 Å². The van der Waals surface area contributed by atoms with Crippen LogP contribution in [0.1, 0.15) is 26.3 Å². The second-order valence-electron chi connectivity index (χ2n) is 4.72. The van der Waals surface area contributed by atoms with Crippen molar-refractivity contribution < 1.29 is 26.1 Å². The van der Waals surface area contributed by atoms with Crippen molar-refractivity contribution in [3.63, 3.8) is 0 Å². The Morgan fingerprint density at radius 2 is 1.37 bits per heavy atom. The first-order valence-electron chi connectivity index (χ1n) is 5.08. The summed E-state index contributed by atoms with van der Waals surface area (Å²) in [5.74, 6) is 0. The van der Waals surface area contributed by atoms with Crippen molar-refractivity contribution in [1.82, 2.24) is 0 Å². The lowest BCUT2D eigenvalue weighted by Gasteiger charge is -2.18. The maximum atomic E-state index is 10.7. The summed E-state index contributed by atoms with van der Waals surface area (Å²) in [6.45, 7) is 6.63. The third kappa shape index (κ3) is 6.84. The molecule has 110 valence electrons. The van der Waals surface area contributed by atoms with E-state index in [-0.39, 0.29) is 5.41 Å². The lowest BCUT2D eigenvalue weighted by molar-refractivity contribution is -0.0510. The Labute approximate surface area is 116 Å². The number of hydrogen-bond acceptors (Lipinski definition) is 3. The lowest BCUT2D eigenvalue weighted by Crippen LogP contribution is -2.21. The SMILES string of the molecule is CC(C)(C)c1ccc(S)cc1.O=S(=O)(O)C(F)(F)F. The minimum Gasteiger partial charge on any atom is -0.279 e. The molecule has 0 radical (unpaired) electrons. The van der Waals surface area contributed by atoms with E-state index in [4.69, 9.17) is 13.0 Å². The summed E-state index contributed by atoms with van der Waals surface area (Å²) in [6, 6.07) is 8.32. The van der Waals surface area contributed by atoms with Gasteiger partial charge in [0, 0.05) is 4.90 Å². The molecule has 0 spiro atoms. The van der Waals surface area contributed by atoms with Crippen LogP contribution < -0.4 is 0 Å². The highest BCUT2D eigenvalue weighted by Gasteiger charge is 2.44. The highest BCUT2D eigenvalue weighted by Crippen LogP contribution is 2.22. The zero-order chi connectivity index (χ0) is 15.5. The summed E-state index contributed by atoms with van der Waals surface area (Å²) in [4.78, 5) is 1.03. The van der Waals surface area contributed by atoms with Crippen molar-refractivity contribution in [3.8, 4) is 0 Å². The van der Waals surface area contributed by atoms with Crippen LogP contribution in [0.3, 0.4) is 0 Å². The van der Waals surface area contributed by atoms with Crippen LogP contribution in [0, 0.1) is 0 Å². The summed E-state index contributed by atoms with van der Waals surface area (Å²) < 4.78 is 57.5. The Morgan fingerprint density at radius 3 is 1.58 bits per heavy atom. The van der Waals surface area contributed by atoms with Gasteiger partial charge in [-0.2, -0.15) is 21.6 Å². The fourth-order valence-corrected chi connectivity index (χ4v) is 1.11. The highest BCUT2D eigenvalue weighted by atomic mass is 32.2. The molecule has 8 heteroatoms. The van der Waals surface area contributed by atoms with E-state index in [0.29, 0.717) is 0 Å². The van der Waals surface area contributed by atoms with E-state index in [0.717, 1.165) is 4.90 Å². The average molecular weight is 316 g/mol. The highest BCUT2D eigenvalue weighted by molar-refractivity contribution is 7.86. The molecular formula is C11H15F3O3S2. The smallest absolute Gasteiger partial charge is 0.279 e. The number of benzene rings is 1. The van der Waals surface area contributed by atoms with E-state index in [2.05, 4.69) is 45.5 Å². The minimum absolute atomic E-state index is 0.251. The van der Waals surface area contributed by atoms with E-state index in [1.807, 2.05) is 12.1 Å². The Morgan fingerprint density at radius 1 is 1.05 bits per heavy atom. The Bertz CT molecular complexity index is 499. The molecule has 1 aromatic rings. The molecule has 0 atom stereocenters. The van der Waals surface area contributed by atoms with Gasteiger partial charge in [0.05, 0.1) is 0 Å². The topological polar surface area (TPSA) is 54.4 Å². The molecule has 0 unspecified atom stereocenters. The summed E-state index contributed by atoms with van der Waals surface area (Å²) in [6.07, 6.45) is 0. The van der Waals surface area contributed by atoms with Gasteiger partial charge in [0.2, 0.25) is 0 Å². The van der Waals surface area contributed by atoms with Gasteiger partial charge in [-0.3, -0.25) is 4.55 Å². The van der Waals surface area contributed by atoms with Crippen LogP contribution in [0.2, 0.25) is 0 Å². The predicted octanol–water partition coefficient (Wildman–Crippen LogP) is 3.67. The van der Waals surface area contributed by atoms with Gasteiger partial charge in [-0.1, -0.05) is 32.9 Å². The first-order chi connectivity index (χ1) is 8.25. The van der Waals surface area contributed by atoms with Gasteiger partial charge in [0.15, 0.2) is 0 Å². The molecule has 0 saturated carbocycles. The zero-order valence-corrected chi connectivity index (χ0v) is 12.3. The molecule has 1 rings (SSSR count). The quantitative estimate of drug-likeness (QED) is 0.436. The zero-order valence-electron chi connectivity index (χ0n) is 10.6. The van der Waals surface area contributed by atoms with E-state index < -0.39 is 15.6 Å². The molecule has 0 aliphatic carbocycles. The van der Waals surface area contributed by atoms with Gasteiger partial charge >= 0.3 is 15.6 Å². The Balaban J connectivity index is 0.000000362. The maximum absolute atomic E-state index is 10.7. The molecule has 0 bridgehead atoms. The maximum Gasteiger partial charge on any atom is 0.522 e. The van der Waals surface area contributed by atoms with Gasteiger partial charge in [-0.05, 0) is 23.1 Å². The normalized spacial score (nSPS) is 12.6. The molecule has 1 N–H and O–H groups in total. The molecule has 19 heavy (non-hydrogen) atoms. The van der Waals surface area contributed by atoms with Crippen LogP contribution in [0.4, 0.5) is 13.2 Å². The van der Waals surface area contributed by atoms with Crippen LogP contribution >= 0.6 is 12.6 Å². The molecule has 0 aliphatic heterocycles. The van der Waals surface area contributed by atoms with E-state index >= 15 is 0 Å². The van der Waals surface area contributed by atoms with Crippen LogP contribution in [0.5, 0.6) is 0 Å².